The molecule has 3 rings (SSSR count). The summed E-state index contributed by atoms with van der Waals surface area (Å²) in [7, 11) is 3.16. The summed E-state index contributed by atoms with van der Waals surface area (Å²) in [5, 5.41) is 16.9. The van der Waals surface area contributed by atoms with Crippen LogP contribution in [0.1, 0.15) is 24.2 Å². The summed E-state index contributed by atoms with van der Waals surface area (Å²) in [4.78, 5) is 13.0. The number of rotatable bonds is 9. The Bertz CT molecular complexity index is 929. The second-order valence-corrected chi connectivity index (χ2v) is 6.15. The summed E-state index contributed by atoms with van der Waals surface area (Å²) in [5.41, 5.74) is 1.44. The van der Waals surface area contributed by atoms with Gasteiger partial charge in [-0.2, -0.15) is 5.21 Å². The van der Waals surface area contributed by atoms with Gasteiger partial charge < -0.3 is 19.5 Å². The molecule has 1 atom stereocenters. The third-order valence-electron chi connectivity index (χ3n) is 4.33. The lowest BCUT2D eigenvalue weighted by atomic mass is 9.96. The summed E-state index contributed by atoms with van der Waals surface area (Å²) in [6.07, 6.45) is 0.308. The van der Waals surface area contributed by atoms with Gasteiger partial charge in [-0.1, -0.05) is 5.21 Å². The van der Waals surface area contributed by atoms with Gasteiger partial charge in [-0.3, -0.25) is 4.79 Å². The zero-order chi connectivity index (χ0) is 20.6. The highest BCUT2D eigenvalue weighted by atomic mass is 16.5. The molecule has 0 saturated carbocycles. The van der Waals surface area contributed by atoms with E-state index in [4.69, 9.17) is 14.2 Å². The number of aromatic nitrogens is 4. The predicted molar refractivity (Wildman–Crippen MR) is 106 cm³/mol. The van der Waals surface area contributed by atoms with E-state index in [0.29, 0.717) is 36.0 Å². The summed E-state index contributed by atoms with van der Waals surface area (Å²) >= 11 is 0. The molecule has 3 aromatic rings. The highest BCUT2D eigenvalue weighted by Crippen LogP contribution is 2.29. The van der Waals surface area contributed by atoms with Gasteiger partial charge in [-0.05, 0) is 61.4 Å². The number of hydrogen-bond acceptors (Lipinski definition) is 7. The Morgan fingerprint density at radius 3 is 2.48 bits per heavy atom. The van der Waals surface area contributed by atoms with Crippen LogP contribution in [0, 0.1) is 0 Å². The monoisotopic (exact) mass is 397 g/mol. The summed E-state index contributed by atoms with van der Waals surface area (Å²) in [6, 6.07) is 12.6. The third-order valence-corrected chi connectivity index (χ3v) is 4.33. The number of methoxy groups -OCH3 is 2. The van der Waals surface area contributed by atoms with E-state index >= 15 is 0 Å². The van der Waals surface area contributed by atoms with Crippen LogP contribution >= 0.6 is 0 Å². The van der Waals surface area contributed by atoms with Crippen LogP contribution in [0.25, 0.3) is 0 Å². The van der Waals surface area contributed by atoms with E-state index in [1.54, 1.807) is 50.6 Å². The zero-order valence-electron chi connectivity index (χ0n) is 16.5. The molecule has 0 fully saturated rings. The molecule has 1 heterocycles. The van der Waals surface area contributed by atoms with Crippen LogP contribution in [0.2, 0.25) is 0 Å². The van der Waals surface area contributed by atoms with Gasteiger partial charge in [0.1, 0.15) is 23.2 Å². The van der Waals surface area contributed by atoms with Crippen molar-refractivity contribution in [2.24, 2.45) is 0 Å². The topological polar surface area (TPSA) is 111 Å². The molecule has 0 bridgehead atoms. The zero-order valence-corrected chi connectivity index (χ0v) is 16.5. The molecule has 152 valence electrons. The minimum Gasteiger partial charge on any atom is -0.497 e. The maximum Gasteiger partial charge on any atom is 0.235 e. The molecule has 1 unspecified atom stereocenters. The molecule has 0 aliphatic heterocycles. The quantitative estimate of drug-likeness (QED) is 0.571. The van der Waals surface area contributed by atoms with Crippen molar-refractivity contribution >= 4 is 11.6 Å². The molecule has 0 saturated heterocycles. The molecule has 1 aromatic heterocycles. The highest BCUT2D eigenvalue weighted by molar-refractivity contribution is 5.95. The number of aromatic amines is 1. The van der Waals surface area contributed by atoms with Crippen LogP contribution < -0.4 is 19.5 Å². The van der Waals surface area contributed by atoms with E-state index in [9.17, 15) is 4.79 Å². The van der Waals surface area contributed by atoms with Crippen molar-refractivity contribution in [1.29, 1.82) is 0 Å². The number of nitrogens with zero attached hydrogens (tertiary/aromatic N) is 3. The van der Waals surface area contributed by atoms with Gasteiger partial charge in [-0.25, -0.2) is 0 Å². The number of tetrazole rings is 1. The SMILES string of the molecule is CCOc1ccc(NC(=O)C(Cc2cc(OC)ccc2OC)c2nn[nH]n2)cc1. The van der Waals surface area contributed by atoms with Crippen LogP contribution in [0.5, 0.6) is 17.2 Å². The predicted octanol–water partition coefficient (Wildman–Crippen LogP) is 2.58. The Hall–Kier alpha value is -3.62. The van der Waals surface area contributed by atoms with E-state index in [0.717, 1.165) is 11.3 Å². The maximum atomic E-state index is 13.0. The number of benzene rings is 2. The van der Waals surface area contributed by atoms with E-state index in [1.807, 2.05) is 13.0 Å². The molecular weight excluding hydrogens is 374 g/mol. The maximum absolute atomic E-state index is 13.0. The number of amides is 1. The van der Waals surface area contributed by atoms with E-state index in [-0.39, 0.29) is 5.91 Å². The highest BCUT2D eigenvalue weighted by Gasteiger charge is 2.27. The van der Waals surface area contributed by atoms with Crippen LogP contribution in [0.3, 0.4) is 0 Å². The van der Waals surface area contributed by atoms with Gasteiger partial charge in [-0.15, -0.1) is 10.2 Å². The van der Waals surface area contributed by atoms with Crippen molar-refractivity contribution in [1.82, 2.24) is 20.6 Å². The average Bonchev–Trinajstić information content (AvgIpc) is 3.27. The van der Waals surface area contributed by atoms with E-state index < -0.39 is 5.92 Å². The number of nitrogens with one attached hydrogen (secondary N) is 2. The number of H-pyrrole nitrogens is 1. The van der Waals surface area contributed by atoms with Gasteiger partial charge >= 0.3 is 0 Å². The van der Waals surface area contributed by atoms with Crippen LogP contribution in [0.4, 0.5) is 5.69 Å². The average molecular weight is 397 g/mol. The number of carbonyl (C=O) groups is 1. The van der Waals surface area contributed by atoms with Crippen molar-refractivity contribution in [3.63, 3.8) is 0 Å². The molecule has 9 heteroatoms. The number of carbonyl (C=O) groups excluding carboxylic acids is 1. The summed E-state index contributed by atoms with van der Waals surface area (Å²) in [6.45, 7) is 2.49. The molecule has 9 nitrogen and oxygen atoms in total. The molecule has 0 radical (unpaired) electrons. The number of anilines is 1. The van der Waals surface area contributed by atoms with Gasteiger partial charge in [0.25, 0.3) is 0 Å². The first kappa shape index (κ1) is 20.1. The molecule has 0 spiro atoms. The van der Waals surface area contributed by atoms with Gasteiger partial charge in [0.15, 0.2) is 5.82 Å². The lowest BCUT2D eigenvalue weighted by Gasteiger charge is -2.16. The molecule has 0 aliphatic rings. The summed E-state index contributed by atoms with van der Waals surface area (Å²) < 4.78 is 16.2. The molecule has 1 amide bonds. The van der Waals surface area contributed by atoms with E-state index in [2.05, 4.69) is 25.9 Å². The second kappa shape index (κ2) is 9.54. The first-order valence-corrected chi connectivity index (χ1v) is 9.12. The molecule has 29 heavy (non-hydrogen) atoms. The molecule has 0 aliphatic carbocycles. The van der Waals surface area contributed by atoms with Crippen molar-refractivity contribution in [3.8, 4) is 17.2 Å². The first-order valence-electron chi connectivity index (χ1n) is 9.12. The van der Waals surface area contributed by atoms with Crippen molar-refractivity contribution in [2.75, 3.05) is 26.1 Å². The van der Waals surface area contributed by atoms with Crippen molar-refractivity contribution in [2.45, 2.75) is 19.3 Å². The van der Waals surface area contributed by atoms with Crippen LogP contribution in [-0.4, -0.2) is 47.4 Å². The lowest BCUT2D eigenvalue weighted by Crippen LogP contribution is -2.24. The Balaban J connectivity index is 1.83. The molecule has 2 N–H and O–H groups in total. The van der Waals surface area contributed by atoms with Crippen molar-refractivity contribution < 1.29 is 19.0 Å². The third kappa shape index (κ3) is 5.01. The first-order chi connectivity index (χ1) is 14.1. The Morgan fingerprint density at radius 2 is 1.86 bits per heavy atom. The largest absolute Gasteiger partial charge is 0.497 e. The Kier molecular flexibility index (Phi) is 6.62. The smallest absolute Gasteiger partial charge is 0.235 e. The second-order valence-electron chi connectivity index (χ2n) is 6.15. The fourth-order valence-electron chi connectivity index (χ4n) is 2.91. The Morgan fingerprint density at radius 1 is 1.10 bits per heavy atom. The minimum atomic E-state index is -0.679. The van der Waals surface area contributed by atoms with Gasteiger partial charge in [0.2, 0.25) is 5.91 Å². The summed E-state index contributed by atoms with van der Waals surface area (Å²) in [5.74, 6) is 1.40. The standard InChI is InChI=1S/C20H23N5O4/c1-4-29-15-7-5-14(6-8-15)21-20(26)17(19-22-24-25-23-19)12-13-11-16(27-2)9-10-18(13)28-3/h5-11,17H,4,12H2,1-3H3,(H,21,26)(H,22,23,24,25). The normalized spacial score (nSPS) is 11.6. The number of hydrogen-bond donors (Lipinski definition) is 2. The van der Waals surface area contributed by atoms with E-state index in [1.165, 1.54) is 0 Å². The van der Waals surface area contributed by atoms with Crippen LogP contribution in [-0.2, 0) is 11.2 Å². The minimum absolute atomic E-state index is 0.263. The fraction of sp³-hybridized carbons (Fsp3) is 0.300. The van der Waals surface area contributed by atoms with Crippen molar-refractivity contribution in [3.05, 3.63) is 53.9 Å². The molecule has 2 aromatic carbocycles. The van der Waals surface area contributed by atoms with Crippen LogP contribution in [0.15, 0.2) is 42.5 Å². The molecular formula is C20H23N5O4. The Labute approximate surface area is 168 Å². The van der Waals surface area contributed by atoms with Gasteiger partial charge in [0, 0.05) is 5.69 Å². The lowest BCUT2D eigenvalue weighted by molar-refractivity contribution is -0.117. The number of ether oxygens (including phenoxy) is 3. The van der Waals surface area contributed by atoms with Gasteiger partial charge in [0.05, 0.1) is 20.8 Å². The fourth-order valence-corrected chi connectivity index (χ4v) is 2.91.